The van der Waals surface area contributed by atoms with E-state index in [0.29, 0.717) is 10.8 Å². The number of rotatable bonds is 4. The van der Waals surface area contributed by atoms with Crippen LogP contribution in [0.3, 0.4) is 0 Å². The highest BCUT2D eigenvalue weighted by Crippen LogP contribution is 2.62. The van der Waals surface area contributed by atoms with E-state index in [-0.39, 0.29) is 0 Å². The van der Waals surface area contributed by atoms with Crippen molar-refractivity contribution >= 4 is 0 Å². The molecule has 0 aromatic heterocycles. The molecule has 0 spiro atoms. The summed E-state index contributed by atoms with van der Waals surface area (Å²) in [7, 11) is 0. The van der Waals surface area contributed by atoms with Crippen LogP contribution in [0.5, 0.6) is 0 Å². The maximum absolute atomic E-state index is 4.24. The van der Waals surface area contributed by atoms with Crippen molar-refractivity contribution in [3.8, 4) is 0 Å². The Morgan fingerprint density at radius 1 is 1.23 bits per heavy atom. The molecule has 0 N–H and O–H groups in total. The van der Waals surface area contributed by atoms with Crippen LogP contribution in [-0.2, 0) is 0 Å². The third-order valence-electron chi connectivity index (χ3n) is 4.52. The Balaban J connectivity index is 2.75. The van der Waals surface area contributed by atoms with Gasteiger partial charge in [0.2, 0.25) is 0 Å². The number of hydrogen-bond donors (Lipinski definition) is 0. The molecule has 1 fully saturated rings. The standard InChI is InChI=1S/C13H24/c1-6-8-12(4)9-10-13(12,5)11(3)7-2/h3,6-10H2,1-2,4-5H3. The Morgan fingerprint density at radius 2 is 1.85 bits per heavy atom. The van der Waals surface area contributed by atoms with Gasteiger partial charge in [-0.3, -0.25) is 0 Å². The third kappa shape index (κ3) is 1.45. The largest absolute Gasteiger partial charge is 0.0993 e. The van der Waals surface area contributed by atoms with Gasteiger partial charge in [0.25, 0.3) is 0 Å². The van der Waals surface area contributed by atoms with Crippen molar-refractivity contribution in [3.05, 3.63) is 12.2 Å². The van der Waals surface area contributed by atoms with Crippen molar-refractivity contribution < 1.29 is 0 Å². The highest BCUT2D eigenvalue weighted by Gasteiger charge is 2.52. The second kappa shape index (κ2) is 3.48. The molecule has 0 heteroatoms. The molecule has 2 atom stereocenters. The van der Waals surface area contributed by atoms with E-state index in [1.807, 2.05) is 0 Å². The van der Waals surface area contributed by atoms with Crippen LogP contribution in [0.4, 0.5) is 0 Å². The first-order valence-electron chi connectivity index (χ1n) is 5.68. The first kappa shape index (κ1) is 10.8. The summed E-state index contributed by atoms with van der Waals surface area (Å²) < 4.78 is 0. The first-order valence-corrected chi connectivity index (χ1v) is 5.68. The monoisotopic (exact) mass is 180 g/mol. The van der Waals surface area contributed by atoms with E-state index in [2.05, 4.69) is 34.3 Å². The predicted molar refractivity (Wildman–Crippen MR) is 59.8 cm³/mol. The zero-order chi connectivity index (χ0) is 10.1. The maximum Gasteiger partial charge on any atom is -0.00652 e. The van der Waals surface area contributed by atoms with Crippen LogP contribution in [-0.4, -0.2) is 0 Å². The molecule has 13 heavy (non-hydrogen) atoms. The normalized spacial score (nSPS) is 38.5. The summed E-state index contributed by atoms with van der Waals surface area (Å²) in [5, 5.41) is 0. The van der Waals surface area contributed by atoms with Crippen molar-refractivity contribution in [2.45, 2.75) is 59.8 Å². The summed E-state index contributed by atoms with van der Waals surface area (Å²) in [6, 6.07) is 0. The summed E-state index contributed by atoms with van der Waals surface area (Å²) in [4.78, 5) is 0. The van der Waals surface area contributed by atoms with Gasteiger partial charge in [0.1, 0.15) is 0 Å². The van der Waals surface area contributed by atoms with E-state index < -0.39 is 0 Å². The van der Waals surface area contributed by atoms with Crippen molar-refractivity contribution in [2.75, 3.05) is 0 Å². The SMILES string of the molecule is C=C(CC)C1(C)CCC1(C)CCC. The van der Waals surface area contributed by atoms with E-state index >= 15 is 0 Å². The lowest BCUT2D eigenvalue weighted by atomic mass is 9.47. The molecule has 0 bridgehead atoms. The van der Waals surface area contributed by atoms with Gasteiger partial charge in [0.05, 0.1) is 0 Å². The van der Waals surface area contributed by atoms with E-state index in [4.69, 9.17) is 0 Å². The van der Waals surface area contributed by atoms with Gasteiger partial charge < -0.3 is 0 Å². The molecule has 1 saturated carbocycles. The molecule has 76 valence electrons. The average molecular weight is 180 g/mol. The zero-order valence-corrected chi connectivity index (χ0v) is 9.74. The molecule has 1 rings (SSSR count). The van der Waals surface area contributed by atoms with E-state index in [1.165, 1.54) is 31.3 Å². The summed E-state index contributed by atoms with van der Waals surface area (Å²) in [6.07, 6.45) is 6.58. The van der Waals surface area contributed by atoms with Gasteiger partial charge in [-0.1, -0.05) is 46.3 Å². The molecule has 1 aliphatic rings. The highest BCUT2D eigenvalue weighted by molar-refractivity contribution is 5.19. The van der Waals surface area contributed by atoms with E-state index in [9.17, 15) is 0 Å². The Hall–Kier alpha value is -0.260. The van der Waals surface area contributed by atoms with Crippen molar-refractivity contribution in [3.63, 3.8) is 0 Å². The van der Waals surface area contributed by atoms with Gasteiger partial charge >= 0.3 is 0 Å². The smallest absolute Gasteiger partial charge is 0.00652 e. The summed E-state index contributed by atoms with van der Waals surface area (Å²) in [5.74, 6) is 0. The molecule has 2 unspecified atom stereocenters. The Kier molecular flexibility index (Phi) is 2.89. The molecule has 0 aliphatic heterocycles. The van der Waals surface area contributed by atoms with Crippen LogP contribution in [0.25, 0.3) is 0 Å². The molecular weight excluding hydrogens is 156 g/mol. The van der Waals surface area contributed by atoms with Crippen molar-refractivity contribution in [1.82, 2.24) is 0 Å². The first-order chi connectivity index (χ1) is 6.00. The van der Waals surface area contributed by atoms with Gasteiger partial charge in [-0.15, -0.1) is 0 Å². The Bertz CT molecular complexity index is 204. The van der Waals surface area contributed by atoms with Crippen molar-refractivity contribution in [2.24, 2.45) is 10.8 Å². The predicted octanol–water partition coefficient (Wildman–Crippen LogP) is 4.56. The zero-order valence-electron chi connectivity index (χ0n) is 9.74. The van der Waals surface area contributed by atoms with Crippen LogP contribution in [0.15, 0.2) is 12.2 Å². The van der Waals surface area contributed by atoms with Gasteiger partial charge in [0, 0.05) is 0 Å². The molecule has 0 amide bonds. The lowest BCUT2D eigenvalue weighted by Gasteiger charge is -2.58. The molecule has 1 aliphatic carbocycles. The third-order valence-corrected chi connectivity index (χ3v) is 4.52. The van der Waals surface area contributed by atoms with Gasteiger partial charge in [-0.25, -0.2) is 0 Å². The van der Waals surface area contributed by atoms with E-state index in [0.717, 1.165) is 6.42 Å². The topological polar surface area (TPSA) is 0 Å². The second-order valence-corrected chi connectivity index (χ2v) is 5.10. The summed E-state index contributed by atoms with van der Waals surface area (Å²) in [6.45, 7) is 13.6. The van der Waals surface area contributed by atoms with Crippen LogP contribution in [0, 0.1) is 10.8 Å². The fourth-order valence-electron chi connectivity index (χ4n) is 2.87. The summed E-state index contributed by atoms with van der Waals surface area (Å²) in [5.41, 5.74) is 2.46. The fraction of sp³-hybridized carbons (Fsp3) is 0.846. The maximum atomic E-state index is 4.24. The number of hydrogen-bond acceptors (Lipinski definition) is 0. The molecule has 0 aromatic rings. The Morgan fingerprint density at radius 3 is 2.15 bits per heavy atom. The molecule has 0 saturated heterocycles. The molecule has 0 radical (unpaired) electrons. The second-order valence-electron chi connectivity index (χ2n) is 5.10. The van der Waals surface area contributed by atoms with E-state index in [1.54, 1.807) is 0 Å². The van der Waals surface area contributed by atoms with Crippen LogP contribution < -0.4 is 0 Å². The minimum Gasteiger partial charge on any atom is -0.0993 e. The van der Waals surface area contributed by atoms with Gasteiger partial charge in [-0.2, -0.15) is 0 Å². The number of allylic oxidation sites excluding steroid dienone is 1. The minimum atomic E-state index is 0.442. The van der Waals surface area contributed by atoms with Crippen LogP contribution >= 0.6 is 0 Å². The fourth-order valence-corrected chi connectivity index (χ4v) is 2.87. The van der Waals surface area contributed by atoms with Gasteiger partial charge in [0.15, 0.2) is 0 Å². The molecule has 0 aromatic carbocycles. The van der Waals surface area contributed by atoms with Crippen LogP contribution in [0.2, 0.25) is 0 Å². The average Bonchev–Trinajstić information content (AvgIpc) is 2.14. The molecule has 0 nitrogen and oxygen atoms in total. The summed E-state index contributed by atoms with van der Waals surface area (Å²) >= 11 is 0. The van der Waals surface area contributed by atoms with Crippen molar-refractivity contribution in [1.29, 1.82) is 0 Å². The highest BCUT2D eigenvalue weighted by atomic mass is 14.6. The molecule has 0 heterocycles. The van der Waals surface area contributed by atoms with Crippen LogP contribution in [0.1, 0.15) is 59.8 Å². The lowest BCUT2D eigenvalue weighted by Crippen LogP contribution is -2.48. The van der Waals surface area contributed by atoms with Gasteiger partial charge in [-0.05, 0) is 36.5 Å². The Labute approximate surface area is 83.4 Å². The quantitative estimate of drug-likeness (QED) is 0.556. The lowest BCUT2D eigenvalue weighted by molar-refractivity contribution is -0.0278. The minimum absolute atomic E-state index is 0.442. The molecular formula is C13H24.